The van der Waals surface area contributed by atoms with E-state index in [1.807, 2.05) is 0 Å². The molecule has 1 N–H and O–H groups in total. The van der Waals surface area contributed by atoms with Crippen molar-refractivity contribution in [1.82, 2.24) is 0 Å². The highest BCUT2D eigenvalue weighted by Gasteiger charge is 2.40. The number of benzene rings is 1. The van der Waals surface area contributed by atoms with Gasteiger partial charge in [0.2, 0.25) is 0 Å². The molecule has 0 bridgehead atoms. The van der Waals surface area contributed by atoms with E-state index in [2.05, 4.69) is 0 Å². The molecule has 0 saturated heterocycles. The molecule has 0 unspecified atom stereocenters. The van der Waals surface area contributed by atoms with Crippen LogP contribution in [0.25, 0.3) is 0 Å². The Balaban J connectivity index is 3.15. The van der Waals surface area contributed by atoms with Crippen molar-refractivity contribution in [3.8, 4) is 5.75 Å². The number of ketones is 1. The third-order valence-corrected chi connectivity index (χ3v) is 1.45. The number of phenolic OH excluding ortho intramolecular Hbond substituents is 1. The monoisotopic (exact) mass is 208 g/mol. The number of carbonyl (C=O) groups is 1. The minimum Gasteiger partial charge on any atom is -0.508 e. The molecule has 14 heavy (non-hydrogen) atoms. The first-order valence-corrected chi connectivity index (χ1v) is 3.42. The van der Waals surface area contributed by atoms with Gasteiger partial charge in [-0.3, -0.25) is 4.79 Å². The Kier molecular flexibility index (Phi) is 2.46. The molecule has 0 atom stereocenters. The van der Waals surface area contributed by atoms with E-state index >= 15 is 0 Å². The summed E-state index contributed by atoms with van der Waals surface area (Å²) in [7, 11) is 0. The summed E-state index contributed by atoms with van der Waals surface area (Å²) in [5.74, 6) is -4.21. The van der Waals surface area contributed by atoms with Gasteiger partial charge < -0.3 is 5.11 Å². The molecular formula is C8H4F4O2. The summed E-state index contributed by atoms with van der Waals surface area (Å²) in [6.45, 7) is 0. The normalized spacial score (nSPS) is 11.4. The van der Waals surface area contributed by atoms with E-state index in [4.69, 9.17) is 5.11 Å². The van der Waals surface area contributed by atoms with E-state index in [0.717, 1.165) is 6.07 Å². The van der Waals surface area contributed by atoms with Crippen molar-refractivity contribution in [3.63, 3.8) is 0 Å². The standard InChI is InChI=1S/C8H4F4O2/c9-6-3-4(13)1-2-5(6)7(14)8(10,11)12/h1-3,13H. The largest absolute Gasteiger partial charge is 0.508 e. The van der Waals surface area contributed by atoms with Crippen LogP contribution in [0.4, 0.5) is 17.6 Å². The van der Waals surface area contributed by atoms with E-state index in [0.29, 0.717) is 12.1 Å². The van der Waals surface area contributed by atoms with Gasteiger partial charge >= 0.3 is 6.18 Å². The number of aromatic hydroxyl groups is 1. The number of phenols is 1. The maximum atomic E-state index is 12.8. The van der Waals surface area contributed by atoms with E-state index < -0.39 is 29.1 Å². The number of alkyl halides is 3. The van der Waals surface area contributed by atoms with Crippen LogP contribution in [-0.2, 0) is 0 Å². The third kappa shape index (κ3) is 2.01. The quantitative estimate of drug-likeness (QED) is 0.567. The first-order chi connectivity index (χ1) is 6.32. The van der Waals surface area contributed by atoms with Crippen molar-refractivity contribution in [1.29, 1.82) is 0 Å². The van der Waals surface area contributed by atoms with Crippen LogP contribution in [0.1, 0.15) is 10.4 Å². The smallest absolute Gasteiger partial charge is 0.454 e. The molecule has 0 aromatic heterocycles. The molecule has 0 aliphatic heterocycles. The third-order valence-electron chi connectivity index (χ3n) is 1.45. The Hall–Kier alpha value is -1.59. The fraction of sp³-hybridized carbons (Fsp3) is 0.125. The molecule has 1 rings (SSSR count). The maximum absolute atomic E-state index is 12.8. The molecule has 76 valence electrons. The highest BCUT2D eigenvalue weighted by Crippen LogP contribution is 2.24. The summed E-state index contributed by atoms with van der Waals surface area (Å²) >= 11 is 0. The molecule has 2 nitrogen and oxygen atoms in total. The van der Waals surface area contributed by atoms with Gasteiger partial charge in [-0.15, -0.1) is 0 Å². The predicted molar refractivity (Wildman–Crippen MR) is 38.5 cm³/mol. The lowest BCUT2D eigenvalue weighted by molar-refractivity contribution is -0.0887. The fourth-order valence-electron chi connectivity index (χ4n) is 0.841. The summed E-state index contributed by atoms with van der Waals surface area (Å²) in [4.78, 5) is 10.6. The van der Waals surface area contributed by atoms with Gasteiger partial charge in [-0.2, -0.15) is 13.2 Å². The lowest BCUT2D eigenvalue weighted by Gasteiger charge is -2.05. The van der Waals surface area contributed by atoms with Crippen LogP contribution in [0.2, 0.25) is 0 Å². The molecule has 0 amide bonds. The van der Waals surface area contributed by atoms with E-state index in [-0.39, 0.29) is 0 Å². The van der Waals surface area contributed by atoms with Gasteiger partial charge in [-0.05, 0) is 12.1 Å². The molecular weight excluding hydrogens is 204 g/mol. The van der Waals surface area contributed by atoms with Crippen molar-refractivity contribution in [3.05, 3.63) is 29.6 Å². The first-order valence-electron chi connectivity index (χ1n) is 3.42. The summed E-state index contributed by atoms with van der Waals surface area (Å²) in [5.41, 5.74) is -1.10. The zero-order valence-corrected chi connectivity index (χ0v) is 6.60. The second-order valence-corrected chi connectivity index (χ2v) is 2.49. The molecule has 6 heteroatoms. The maximum Gasteiger partial charge on any atom is 0.454 e. The zero-order valence-electron chi connectivity index (χ0n) is 6.60. The lowest BCUT2D eigenvalue weighted by Crippen LogP contribution is -2.23. The van der Waals surface area contributed by atoms with Crippen LogP contribution in [0, 0.1) is 5.82 Å². The van der Waals surface area contributed by atoms with Gasteiger partial charge in [0.15, 0.2) is 0 Å². The topological polar surface area (TPSA) is 37.3 Å². The fourth-order valence-corrected chi connectivity index (χ4v) is 0.841. The number of rotatable bonds is 1. The zero-order chi connectivity index (χ0) is 10.9. The SMILES string of the molecule is O=C(c1ccc(O)cc1F)C(F)(F)F. The van der Waals surface area contributed by atoms with Crippen molar-refractivity contribution < 1.29 is 27.5 Å². The minimum atomic E-state index is -5.11. The molecule has 0 heterocycles. The summed E-state index contributed by atoms with van der Waals surface area (Å²) in [5, 5.41) is 8.69. The number of hydrogen-bond acceptors (Lipinski definition) is 2. The van der Waals surface area contributed by atoms with Crippen LogP contribution in [0.5, 0.6) is 5.75 Å². The van der Waals surface area contributed by atoms with Gasteiger partial charge in [-0.1, -0.05) is 0 Å². The van der Waals surface area contributed by atoms with Gasteiger partial charge in [-0.25, -0.2) is 4.39 Å². The van der Waals surface area contributed by atoms with Gasteiger partial charge in [0.05, 0.1) is 5.56 Å². The Bertz CT molecular complexity index is 370. The van der Waals surface area contributed by atoms with Gasteiger partial charge in [0, 0.05) is 6.07 Å². The highest BCUT2D eigenvalue weighted by atomic mass is 19.4. The van der Waals surface area contributed by atoms with E-state index in [1.165, 1.54) is 0 Å². The van der Waals surface area contributed by atoms with Crippen LogP contribution in [-0.4, -0.2) is 17.1 Å². The minimum absolute atomic E-state index is 0.443. The molecule has 1 aromatic carbocycles. The average Bonchev–Trinajstić information content (AvgIpc) is 2.01. The average molecular weight is 208 g/mol. The van der Waals surface area contributed by atoms with E-state index in [9.17, 15) is 22.4 Å². The summed E-state index contributed by atoms with van der Waals surface area (Å²) < 4.78 is 48.3. The Morgan fingerprint density at radius 3 is 2.29 bits per heavy atom. The summed E-state index contributed by atoms with van der Waals surface area (Å²) in [6, 6.07) is 1.83. The van der Waals surface area contributed by atoms with Crippen molar-refractivity contribution in [2.45, 2.75) is 6.18 Å². The second-order valence-electron chi connectivity index (χ2n) is 2.49. The van der Waals surface area contributed by atoms with Gasteiger partial charge in [0.1, 0.15) is 11.6 Å². The molecule has 0 saturated carbocycles. The number of hydrogen-bond donors (Lipinski definition) is 1. The first kappa shape index (κ1) is 10.5. The molecule has 0 radical (unpaired) electrons. The van der Waals surface area contributed by atoms with E-state index in [1.54, 1.807) is 0 Å². The lowest BCUT2D eigenvalue weighted by atomic mass is 10.1. The Morgan fingerprint density at radius 2 is 1.86 bits per heavy atom. The van der Waals surface area contributed by atoms with Crippen molar-refractivity contribution in [2.24, 2.45) is 0 Å². The molecule has 1 aromatic rings. The van der Waals surface area contributed by atoms with Crippen molar-refractivity contribution >= 4 is 5.78 Å². The van der Waals surface area contributed by atoms with Crippen LogP contribution >= 0.6 is 0 Å². The molecule has 0 aliphatic rings. The Labute approximate surface area is 75.8 Å². The highest BCUT2D eigenvalue weighted by molar-refractivity contribution is 6.00. The number of halogens is 4. The van der Waals surface area contributed by atoms with Crippen molar-refractivity contribution in [2.75, 3.05) is 0 Å². The summed E-state index contributed by atoms with van der Waals surface area (Å²) in [6.07, 6.45) is -5.11. The molecule has 0 fully saturated rings. The second kappa shape index (κ2) is 3.28. The number of Topliss-reactive ketones (excluding diaryl/α,β-unsaturated/α-hetero) is 1. The molecule has 0 aliphatic carbocycles. The van der Waals surface area contributed by atoms with Crippen LogP contribution in [0.15, 0.2) is 18.2 Å². The molecule has 0 spiro atoms. The number of carbonyl (C=O) groups excluding carboxylic acids is 1. The van der Waals surface area contributed by atoms with Gasteiger partial charge in [0.25, 0.3) is 5.78 Å². The Morgan fingerprint density at radius 1 is 1.29 bits per heavy atom. The van der Waals surface area contributed by atoms with Crippen LogP contribution < -0.4 is 0 Å². The predicted octanol–water partition coefficient (Wildman–Crippen LogP) is 2.28. The van der Waals surface area contributed by atoms with Crippen LogP contribution in [0.3, 0.4) is 0 Å².